The number of aromatic nitrogens is 4. The van der Waals surface area contributed by atoms with Crippen molar-refractivity contribution in [3.05, 3.63) is 66.2 Å². The highest BCUT2D eigenvalue weighted by Crippen LogP contribution is 2.48. The van der Waals surface area contributed by atoms with Gasteiger partial charge in [0, 0.05) is 18.5 Å². The maximum absolute atomic E-state index is 12.5. The first kappa shape index (κ1) is 16.1. The Bertz CT molecular complexity index is 1060. The van der Waals surface area contributed by atoms with E-state index in [4.69, 9.17) is 0 Å². The van der Waals surface area contributed by atoms with Crippen molar-refractivity contribution >= 4 is 22.5 Å². The van der Waals surface area contributed by atoms with Crippen molar-refractivity contribution in [2.24, 2.45) is 5.92 Å². The number of rotatable bonds is 5. The van der Waals surface area contributed by atoms with E-state index in [2.05, 4.69) is 20.4 Å². The van der Waals surface area contributed by atoms with Crippen LogP contribution in [0.2, 0.25) is 0 Å². The van der Waals surface area contributed by atoms with Gasteiger partial charge in [-0.2, -0.15) is 5.10 Å². The van der Waals surface area contributed by atoms with Gasteiger partial charge in [0.1, 0.15) is 5.82 Å². The van der Waals surface area contributed by atoms with Crippen LogP contribution in [0.5, 0.6) is 0 Å². The van der Waals surface area contributed by atoms with Crippen LogP contribution in [0.1, 0.15) is 43.2 Å². The Labute approximate surface area is 156 Å². The fourth-order valence-corrected chi connectivity index (χ4v) is 3.74. The van der Waals surface area contributed by atoms with E-state index >= 15 is 0 Å². The Morgan fingerprint density at radius 3 is 3.00 bits per heavy atom. The van der Waals surface area contributed by atoms with Gasteiger partial charge in [-0.05, 0) is 49.6 Å². The third-order valence-electron chi connectivity index (χ3n) is 5.34. The summed E-state index contributed by atoms with van der Waals surface area (Å²) in [5, 5.41) is 7.62. The number of nitrogens with one attached hydrogen (secondary N) is 2. The van der Waals surface area contributed by atoms with E-state index in [0.29, 0.717) is 18.3 Å². The van der Waals surface area contributed by atoms with Crippen molar-refractivity contribution in [3.8, 4) is 0 Å². The third-order valence-corrected chi connectivity index (χ3v) is 5.34. The molecule has 5 rings (SSSR count). The lowest BCUT2D eigenvalue weighted by molar-refractivity contribution is -0.122. The number of hydrogen-bond acceptors (Lipinski definition) is 3. The predicted octanol–water partition coefficient (Wildman–Crippen LogP) is 3.58. The van der Waals surface area contributed by atoms with Crippen LogP contribution >= 0.6 is 0 Å². The number of carbonyl (C=O) groups excluding carboxylic acids is 1. The number of benzene rings is 1. The van der Waals surface area contributed by atoms with Crippen LogP contribution in [0.3, 0.4) is 0 Å². The lowest BCUT2D eigenvalue weighted by Crippen LogP contribution is -2.27. The van der Waals surface area contributed by atoms with E-state index in [1.54, 1.807) is 0 Å². The Hall–Kier alpha value is -3.15. The molecule has 1 saturated carbocycles. The van der Waals surface area contributed by atoms with Crippen LogP contribution in [0.15, 0.2) is 54.7 Å². The molecule has 1 aromatic carbocycles. The first-order valence-electron chi connectivity index (χ1n) is 9.36. The van der Waals surface area contributed by atoms with Crippen molar-refractivity contribution in [3.63, 3.8) is 0 Å². The number of carbonyl (C=O) groups is 1. The maximum Gasteiger partial charge on any atom is 0.220 e. The monoisotopic (exact) mass is 359 g/mol. The van der Waals surface area contributed by atoms with E-state index in [1.165, 1.54) is 0 Å². The van der Waals surface area contributed by atoms with Crippen molar-refractivity contribution in [1.29, 1.82) is 0 Å². The molecule has 0 unspecified atom stereocenters. The van der Waals surface area contributed by atoms with Crippen molar-refractivity contribution in [2.45, 2.75) is 31.7 Å². The fraction of sp³-hybridized carbons (Fsp3) is 0.286. The molecule has 0 spiro atoms. The standard InChI is InChI=1S/C21H21N5O/c1-13(19-12-15-6-4-5-9-26(15)25-19)22-20(27)11-14-10-16(14)21-23-17-7-2-3-8-18(17)24-21/h2-9,12-14,16H,10-11H2,1H3,(H,22,27)(H,23,24)/t13-,14+,16+/m1/s1. The number of imidazole rings is 1. The number of fused-ring (bicyclic) bond motifs is 2. The molecule has 0 aliphatic heterocycles. The highest BCUT2D eigenvalue weighted by atomic mass is 16.1. The van der Waals surface area contributed by atoms with Gasteiger partial charge in [-0.1, -0.05) is 18.2 Å². The molecule has 4 aromatic rings. The van der Waals surface area contributed by atoms with Gasteiger partial charge in [0.2, 0.25) is 5.91 Å². The summed E-state index contributed by atoms with van der Waals surface area (Å²) in [6.07, 6.45) is 3.45. The molecule has 0 bridgehead atoms. The van der Waals surface area contributed by atoms with Gasteiger partial charge in [-0.3, -0.25) is 4.79 Å². The van der Waals surface area contributed by atoms with Gasteiger partial charge in [0.05, 0.1) is 28.3 Å². The number of nitrogens with zero attached hydrogens (tertiary/aromatic N) is 3. The molecule has 1 amide bonds. The molecular weight excluding hydrogens is 338 g/mol. The summed E-state index contributed by atoms with van der Waals surface area (Å²) < 4.78 is 1.83. The normalized spacial score (nSPS) is 20.0. The first-order valence-corrected chi connectivity index (χ1v) is 9.36. The number of aromatic amines is 1. The van der Waals surface area contributed by atoms with Gasteiger partial charge in [0.15, 0.2) is 0 Å². The summed E-state index contributed by atoms with van der Waals surface area (Å²) in [5.41, 5.74) is 3.95. The highest BCUT2D eigenvalue weighted by molar-refractivity contribution is 5.78. The average molecular weight is 359 g/mol. The van der Waals surface area contributed by atoms with Gasteiger partial charge in [0.25, 0.3) is 0 Å². The Balaban J connectivity index is 1.21. The third kappa shape index (κ3) is 3.07. The largest absolute Gasteiger partial charge is 0.348 e. The van der Waals surface area contributed by atoms with Gasteiger partial charge < -0.3 is 10.3 Å². The van der Waals surface area contributed by atoms with E-state index < -0.39 is 0 Å². The summed E-state index contributed by atoms with van der Waals surface area (Å²) >= 11 is 0. The number of H-pyrrole nitrogens is 1. The molecular formula is C21H21N5O. The number of para-hydroxylation sites is 2. The molecule has 1 aliphatic rings. The lowest BCUT2D eigenvalue weighted by Gasteiger charge is -2.11. The molecule has 136 valence electrons. The minimum absolute atomic E-state index is 0.0724. The molecule has 1 aliphatic carbocycles. The molecule has 6 heteroatoms. The smallest absolute Gasteiger partial charge is 0.220 e. The van der Waals surface area contributed by atoms with E-state index in [9.17, 15) is 4.79 Å². The second-order valence-electron chi connectivity index (χ2n) is 7.37. The zero-order valence-electron chi connectivity index (χ0n) is 15.1. The topological polar surface area (TPSA) is 75.1 Å². The second-order valence-corrected chi connectivity index (χ2v) is 7.37. The van der Waals surface area contributed by atoms with E-state index in [-0.39, 0.29) is 11.9 Å². The van der Waals surface area contributed by atoms with Crippen molar-refractivity contribution < 1.29 is 4.79 Å². The fourth-order valence-electron chi connectivity index (χ4n) is 3.74. The van der Waals surface area contributed by atoms with Crippen LogP contribution in [-0.2, 0) is 4.79 Å². The van der Waals surface area contributed by atoms with Crippen LogP contribution in [0.4, 0.5) is 0 Å². The van der Waals surface area contributed by atoms with Crippen LogP contribution in [-0.4, -0.2) is 25.5 Å². The number of amides is 1. The van der Waals surface area contributed by atoms with E-state index in [0.717, 1.165) is 34.5 Å². The molecule has 3 atom stereocenters. The quantitative estimate of drug-likeness (QED) is 0.572. The molecule has 0 radical (unpaired) electrons. The Morgan fingerprint density at radius 2 is 2.15 bits per heavy atom. The zero-order chi connectivity index (χ0) is 18.4. The molecule has 0 saturated heterocycles. The van der Waals surface area contributed by atoms with Crippen LogP contribution in [0.25, 0.3) is 16.6 Å². The van der Waals surface area contributed by atoms with Gasteiger partial charge >= 0.3 is 0 Å². The molecule has 3 aromatic heterocycles. The van der Waals surface area contributed by atoms with E-state index in [1.807, 2.05) is 66.2 Å². The average Bonchev–Trinajstić information content (AvgIpc) is 3.11. The summed E-state index contributed by atoms with van der Waals surface area (Å²) in [5.74, 6) is 1.79. The van der Waals surface area contributed by atoms with Crippen LogP contribution in [0, 0.1) is 5.92 Å². The maximum atomic E-state index is 12.5. The molecule has 2 N–H and O–H groups in total. The zero-order valence-corrected chi connectivity index (χ0v) is 15.1. The summed E-state index contributed by atoms with van der Waals surface area (Å²) in [4.78, 5) is 20.5. The Kier molecular flexibility index (Phi) is 3.70. The molecule has 1 fully saturated rings. The molecule has 3 heterocycles. The minimum Gasteiger partial charge on any atom is -0.348 e. The first-order chi connectivity index (χ1) is 13.2. The van der Waals surface area contributed by atoms with Gasteiger partial charge in [-0.25, -0.2) is 9.50 Å². The number of hydrogen-bond donors (Lipinski definition) is 2. The SMILES string of the molecule is C[C@@H](NC(=O)C[C@@H]1C[C@@H]1c1nc2ccccc2[nH]1)c1cc2ccccn2n1. The predicted molar refractivity (Wildman–Crippen MR) is 103 cm³/mol. The Morgan fingerprint density at radius 1 is 1.30 bits per heavy atom. The highest BCUT2D eigenvalue weighted by Gasteiger charge is 2.41. The molecule has 6 nitrogen and oxygen atoms in total. The summed E-state index contributed by atoms with van der Waals surface area (Å²) in [6.45, 7) is 1.98. The molecule has 27 heavy (non-hydrogen) atoms. The minimum atomic E-state index is -0.110. The van der Waals surface area contributed by atoms with Crippen molar-refractivity contribution in [2.75, 3.05) is 0 Å². The summed E-state index contributed by atoms with van der Waals surface area (Å²) in [6, 6.07) is 15.9. The lowest BCUT2D eigenvalue weighted by atomic mass is 10.2. The van der Waals surface area contributed by atoms with Gasteiger partial charge in [-0.15, -0.1) is 0 Å². The number of pyridine rings is 1. The van der Waals surface area contributed by atoms with Crippen molar-refractivity contribution in [1.82, 2.24) is 24.9 Å². The summed E-state index contributed by atoms with van der Waals surface area (Å²) in [7, 11) is 0. The van der Waals surface area contributed by atoms with Crippen LogP contribution < -0.4 is 5.32 Å². The second kappa shape index (κ2) is 6.23.